The summed E-state index contributed by atoms with van der Waals surface area (Å²) in [4.78, 5) is 128. The molecule has 23 heteroatoms. The third-order valence-corrected chi connectivity index (χ3v) is 13.8. The lowest BCUT2D eigenvalue weighted by atomic mass is 9.85. The second-order valence-electron chi connectivity index (χ2n) is 17.2. The van der Waals surface area contributed by atoms with E-state index in [4.69, 9.17) is 5.73 Å². The number of hydrogen-bond acceptors (Lipinski definition) is 15. The molecule has 11 atom stereocenters. The number of aliphatic hydroxyl groups is 3. The van der Waals surface area contributed by atoms with Gasteiger partial charge in [-0.15, -0.1) is 0 Å². The fraction of sp³-hybridized carbons (Fsp3) is 0.595. The molecular formula is C42H58N8O14S. The third kappa shape index (κ3) is 12.6. The molecule has 1 fully saturated rings. The van der Waals surface area contributed by atoms with Gasteiger partial charge in [0.2, 0.25) is 35.4 Å². The highest BCUT2D eigenvalue weighted by Gasteiger charge is 2.42. The van der Waals surface area contributed by atoms with E-state index < -0.39 is 181 Å². The maximum Gasteiger partial charge on any atom is 0.243 e. The van der Waals surface area contributed by atoms with Crippen LogP contribution in [0.2, 0.25) is 0 Å². The average molecular weight is 931 g/mol. The molecule has 6 amide bonds. The number of Topliss-reactive ketones (excluding diaryl/α,β-unsaturated/α-hetero) is 3. The van der Waals surface area contributed by atoms with Crippen molar-refractivity contribution in [1.82, 2.24) is 36.5 Å². The molecule has 3 unspecified atom stereocenters. The number of hydrogen-bond donors (Lipinski definition) is 11. The molecule has 5 rings (SSSR count). The lowest BCUT2D eigenvalue weighted by Crippen LogP contribution is -2.55. The van der Waals surface area contributed by atoms with Crippen LogP contribution in [-0.4, -0.2) is 162 Å². The first-order chi connectivity index (χ1) is 30.7. The number of nitrogens with zero attached hydrogens (tertiary/aromatic N) is 1. The molecule has 1 aromatic carbocycles. The smallest absolute Gasteiger partial charge is 0.243 e. The number of fused-ring (bicyclic) bond motifs is 5. The number of nitrogens with one attached hydrogen (secondary N) is 6. The van der Waals surface area contributed by atoms with E-state index in [0.717, 1.165) is 0 Å². The van der Waals surface area contributed by atoms with Gasteiger partial charge in [0.1, 0.15) is 16.8 Å². The maximum atomic E-state index is 14.6. The SMILES string of the molecule is CC[C@H](C)[C@@H]1NC(=O)CNC(=O)C2CC(=O)[C@H]([C@@H](C)[C@@H](O)CO)NC(=O)[C@@H]3CC(O)CN3CC(=O)[C@H](CC(N)=O)CC(=O)C(C[S@@](=O)c3[nH]c4cc(O)ccc4c3C2)NC(=O)CNC1=O. The number of primary amides is 1. The molecule has 4 heterocycles. The van der Waals surface area contributed by atoms with Crippen LogP contribution in [0.5, 0.6) is 5.75 Å². The number of aromatic amines is 1. The molecule has 3 aliphatic heterocycles. The molecule has 2 bridgehead atoms. The van der Waals surface area contributed by atoms with Gasteiger partial charge >= 0.3 is 0 Å². The number of ketones is 3. The van der Waals surface area contributed by atoms with Crippen molar-refractivity contribution in [3.63, 3.8) is 0 Å². The highest BCUT2D eigenvalue weighted by atomic mass is 32.2. The number of benzene rings is 1. The van der Waals surface area contributed by atoms with Crippen molar-refractivity contribution in [1.29, 1.82) is 0 Å². The van der Waals surface area contributed by atoms with Crippen molar-refractivity contribution in [2.24, 2.45) is 29.4 Å². The number of H-pyrrole nitrogens is 1. The molecule has 0 spiro atoms. The van der Waals surface area contributed by atoms with Crippen LogP contribution in [0, 0.1) is 23.7 Å². The fourth-order valence-corrected chi connectivity index (χ4v) is 9.86. The van der Waals surface area contributed by atoms with E-state index in [9.17, 15) is 67.8 Å². The van der Waals surface area contributed by atoms with Crippen molar-refractivity contribution in [2.45, 2.75) is 101 Å². The van der Waals surface area contributed by atoms with Crippen molar-refractivity contribution in [3.05, 3.63) is 23.8 Å². The van der Waals surface area contributed by atoms with Crippen molar-refractivity contribution in [3.8, 4) is 5.75 Å². The number of aliphatic hydroxyl groups excluding tert-OH is 3. The molecule has 0 saturated carbocycles. The summed E-state index contributed by atoms with van der Waals surface area (Å²) in [7, 11) is -2.31. The molecule has 65 heavy (non-hydrogen) atoms. The van der Waals surface area contributed by atoms with Crippen LogP contribution in [0.15, 0.2) is 23.2 Å². The van der Waals surface area contributed by atoms with Crippen LogP contribution in [0.4, 0.5) is 0 Å². The number of amides is 6. The minimum Gasteiger partial charge on any atom is -0.508 e. The van der Waals surface area contributed by atoms with Gasteiger partial charge in [-0.05, 0) is 36.5 Å². The number of carbonyl (C=O) groups excluding carboxylic acids is 9. The summed E-state index contributed by atoms with van der Waals surface area (Å²) in [5.74, 6) is -13.1. The normalized spacial score (nSPS) is 29.0. The van der Waals surface area contributed by atoms with Gasteiger partial charge in [-0.2, -0.15) is 0 Å². The highest BCUT2D eigenvalue weighted by molar-refractivity contribution is 7.85. The molecule has 3 aliphatic rings. The third-order valence-electron chi connectivity index (χ3n) is 12.4. The van der Waals surface area contributed by atoms with Gasteiger partial charge in [0.05, 0.1) is 78.6 Å². The summed E-state index contributed by atoms with van der Waals surface area (Å²) in [6, 6.07) is -1.67. The van der Waals surface area contributed by atoms with E-state index in [1.54, 1.807) is 13.8 Å². The fourth-order valence-electron chi connectivity index (χ4n) is 8.43. The Balaban J connectivity index is 1.72. The average Bonchev–Trinajstić information content (AvgIpc) is 3.81. The van der Waals surface area contributed by atoms with E-state index in [2.05, 4.69) is 31.6 Å². The molecule has 356 valence electrons. The Morgan fingerprint density at radius 1 is 0.892 bits per heavy atom. The Bertz CT molecular complexity index is 2220. The van der Waals surface area contributed by atoms with E-state index in [-0.39, 0.29) is 34.8 Å². The lowest BCUT2D eigenvalue weighted by molar-refractivity contribution is -0.136. The second-order valence-corrected chi connectivity index (χ2v) is 18.6. The van der Waals surface area contributed by atoms with Gasteiger partial charge in [0, 0.05) is 55.0 Å². The molecule has 1 aromatic heterocycles. The molecule has 2 aromatic rings. The first kappa shape index (κ1) is 50.4. The monoisotopic (exact) mass is 930 g/mol. The molecule has 12 N–H and O–H groups in total. The highest BCUT2D eigenvalue weighted by Crippen LogP contribution is 2.32. The summed E-state index contributed by atoms with van der Waals surface area (Å²) in [5.41, 5.74) is 5.90. The maximum absolute atomic E-state index is 14.6. The standard InChI is InChI=1S/C42H58N8O14S/c1-4-19(2)37-41(63)45-13-35(59)46-28-18-65(64)42-26(25-6-5-23(52)11-27(25)47-42)7-22(39(61)44-14-36(60)48-37)9-31(55)38(20(3)33(57)17-51)49-40(62)29-12-24(53)15-50(29)16-32(56)21(8-30(28)54)10-34(43)58/h5-6,11,19-22,24,28-29,33,37-38,47,51-53,57H,4,7-10,12-18H2,1-3H3,(H2,43,58)(H,44,61)(H,45,63)(H,46,59)(H,48,60)(H,49,62)/t19-,20-,21-,22?,24?,28?,29-,33-,37-,38-,65+/m0/s1. The van der Waals surface area contributed by atoms with Crippen molar-refractivity contribution >= 4 is 74.5 Å². The number of phenolic OH excluding ortho intramolecular Hbond substituents is 1. The summed E-state index contributed by atoms with van der Waals surface area (Å²) in [6.45, 7) is 1.71. The first-order valence-corrected chi connectivity index (χ1v) is 22.8. The Hall–Kier alpha value is -5.62. The van der Waals surface area contributed by atoms with E-state index in [0.29, 0.717) is 11.8 Å². The van der Waals surface area contributed by atoms with Gasteiger partial charge < -0.3 is 57.7 Å². The number of rotatable bonds is 7. The first-order valence-electron chi connectivity index (χ1n) is 21.4. The molecule has 22 nitrogen and oxygen atoms in total. The zero-order chi connectivity index (χ0) is 47.9. The summed E-state index contributed by atoms with van der Waals surface area (Å²) in [6.07, 6.45) is -5.05. The van der Waals surface area contributed by atoms with Crippen LogP contribution < -0.4 is 32.3 Å². The van der Waals surface area contributed by atoms with Gasteiger partial charge in [-0.25, -0.2) is 0 Å². The van der Waals surface area contributed by atoms with Crippen molar-refractivity contribution < 1.29 is 67.8 Å². The van der Waals surface area contributed by atoms with Crippen LogP contribution in [-0.2, 0) is 60.4 Å². The molecule has 1 saturated heterocycles. The van der Waals surface area contributed by atoms with Crippen LogP contribution in [0.1, 0.15) is 58.4 Å². The zero-order valence-corrected chi connectivity index (χ0v) is 37.1. The van der Waals surface area contributed by atoms with Gasteiger partial charge in [0.25, 0.3) is 0 Å². The van der Waals surface area contributed by atoms with Gasteiger partial charge in [-0.3, -0.25) is 52.3 Å². The Morgan fingerprint density at radius 3 is 2.23 bits per heavy atom. The number of carbonyl (C=O) groups is 9. The predicted octanol–water partition coefficient (Wildman–Crippen LogP) is -3.70. The summed E-state index contributed by atoms with van der Waals surface area (Å²) < 4.78 is 14.6. The Labute approximate surface area is 376 Å². The second kappa shape index (κ2) is 22.0. The summed E-state index contributed by atoms with van der Waals surface area (Å²) in [5, 5.41) is 54.6. The molecule has 0 radical (unpaired) electrons. The van der Waals surface area contributed by atoms with E-state index in [1.165, 1.54) is 30.0 Å². The predicted molar refractivity (Wildman–Crippen MR) is 229 cm³/mol. The number of aromatic hydroxyl groups is 1. The largest absolute Gasteiger partial charge is 0.508 e. The van der Waals surface area contributed by atoms with Crippen LogP contribution in [0.3, 0.4) is 0 Å². The molecule has 0 aliphatic carbocycles. The quantitative estimate of drug-likeness (QED) is 0.127. The lowest BCUT2D eigenvalue weighted by Gasteiger charge is -2.31. The number of nitrogens with two attached hydrogens (primary N) is 1. The van der Waals surface area contributed by atoms with Gasteiger partial charge in [0.15, 0.2) is 17.3 Å². The van der Waals surface area contributed by atoms with Crippen molar-refractivity contribution in [2.75, 3.05) is 38.5 Å². The van der Waals surface area contributed by atoms with E-state index >= 15 is 0 Å². The Morgan fingerprint density at radius 2 is 1.57 bits per heavy atom. The van der Waals surface area contributed by atoms with Crippen LogP contribution >= 0.6 is 0 Å². The zero-order valence-electron chi connectivity index (χ0n) is 36.3. The summed E-state index contributed by atoms with van der Waals surface area (Å²) >= 11 is 0. The number of phenols is 1. The topological polar surface area (TPSA) is 357 Å². The van der Waals surface area contributed by atoms with Crippen LogP contribution in [0.25, 0.3) is 10.9 Å². The minimum absolute atomic E-state index is 0.0951. The Kier molecular flexibility index (Phi) is 17.1. The minimum atomic E-state index is -2.31. The van der Waals surface area contributed by atoms with Gasteiger partial charge in [-0.1, -0.05) is 27.2 Å². The number of aromatic nitrogens is 1. The molecular weight excluding hydrogens is 873 g/mol. The van der Waals surface area contributed by atoms with E-state index in [1.807, 2.05) is 0 Å².